The van der Waals surface area contributed by atoms with Gasteiger partial charge < -0.3 is 10.1 Å². The van der Waals surface area contributed by atoms with Crippen molar-refractivity contribution in [2.45, 2.75) is 58.9 Å². The van der Waals surface area contributed by atoms with Gasteiger partial charge in [-0.1, -0.05) is 6.92 Å². The Labute approximate surface area is 179 Å². The average molecular weight is 427 g/mol. The number of hydrogen-bond acceptors (Lipinski definition) is 6. The Kier molecular flexibility index (Phi) is 5.36. The highest BCUT2D eigenvalue weighted by molar-refractivity contribution is 7.16. The first kappa shape index (κ1) is 20.5. The fraction of sp³-hybridized carbons (Fsp3) is 0.455. The van der Waals surface area contributed by atoms with Gasteiger partial charge in [0.05, 0.1) is 29.3 Å². The van der Waals surface area contributed by atoms with Crippen LogP contribution in [0.2, 0.25) is 0 Å². The Morgan fingerprint density at radius 3 is 2.63 bits per heavy atom. The first-order valence-corrected chi connectivity index (χ1v) is 11.1. The van der Waals surface area contributed by atoms with Crippen molar-refractivity contribution in [3.05, 3.63) is 39.5 Å². The molecular weight excluding hydrogens is 400 g/mol. The van der Waals surface area contributed by atoms with Crippen molar-refractivity contribution in [3.63, 3.8) is 0 Å². The van der Waals surface area contributed by atoms with Crippen molar-refractivity contribution in [2.75, 3.05) is 12.4 Å². The number of ether oxygens (including phenoxy) is 1. The molecule has 1 aliphatic carbocycles. The normalized spacial score (nSPS) is 13.8. The molecule has 0 aliphatic heterocycles. The topological polar surface area (TPSA) is 86.1 Å². The van der Waals surface area contributed by atoms with Gasteiger partial charge in [0.15, 0.2) is 5.65 Å². The van der Waals surface area contributed by atoms with Gasteiger partial charge in [0, 0.05) is 22.5 Å². The van der Waals surface area contributed by atoms with Gasteiger partial charge in [0.25, 0.3) is 5.91 Å². The minimum Gasteiger partial charge on any atom is -0.465 e. The fourth-order valence-corrected chi connectivity index (χ4v) is 4.58. The quantitative estimate of drug-likeness (QED) is 0.569. The maximum atomic E-state index is 13.4. The zero-order valence-corrected chi connectivity index (χ0v) is 18.7. The number of nitrogens with one attached hydrogen (secondary N) is 1. The molecule has 1 fully saturated rings. The summed E-state index contributed by atoms with van der Waals surface area (Å²) >= 11 is 1.40. The summed E-state index contributed by atoms with van der Waals surface area (Å²) in [4.78, 5) is 31.4. The molecule has 0 atom stereocenters. The maximum Gasteiger partial charge on any atom is 0.340 e. The van der Waals surface area contributed by atoms with Crippen LogP contribution in [0, 0.1) is 6.92 Å². The summed E-state index contributed by atoms with van der Waals surface area (Å²) < 4.78 is 6.78. The number of carbonyl (C=O) groups excluding carboxylic acids is 2. The summed E-state index contributed by atoms with van der Waals surface area (Å²) in [6.07, 6.45) is 2.95. The third-order valence-electron chi connectivity index (χ3n) is 5.35. The lowest BCUT2D eigenvalue weighted by Gasteiger charge is -2.11. The van der Waals surface area contributed by atoms with Gasteiger partial charge in [-0.15, -0.1) is 11.3 Å². The number of anilines is 1. The molecule has 7 nitrogen and oxygen atoms in total. The number of nitrogens with zero attached hydrogens (tertiary/aromatic N) is 3. The van der Waals surface area contributed by atoms with E-state index in [9.17, 15) is 9.59 Å². The van der Waals surface area contributed by atoms with Crippen molar-refractivity contribution in [1.82, 2.24) is 14.8 Å². The van der Waals surface area contributed by atoms with Crippen LogP contribution < -0.4 is 5.32 Å². The Bertz CT molecular complexity index is 1140. The molecule has 30 heavy (non-hydrogen) atoms. The van der Waals surface area contributed by atoms with Gasteiger partial charge in [0.1, 0.15) is 5.00 Å². The number of hydrogen-bond donors (Lipinski definition) is 1. The van der Waals surface area contributed by atoms with E-state index in [2.05, 4.69) is 24.3 Å². The number of aromatic nitrogens is 3. The van der Waals surface area contributed by atoms with Crippen molar-refractivity contribution in [2.24, 2.45) is 0 Å². The third-order valence-corrected chi connectivity index (χ3v) is 6.54. The average Bonchev–Trinajstić information content (AvgIpc) is 3.42. The van der Waals surface area contributed by atoms with Crippen molar-refractivity contribution in [1.29, 1.82) is 0 Å². The van der Waals surface area contributed by atoms with Gasteiger partial charge in [0.2, 0.25) is 0 Å². The molecule has 0 radical (unpaired) electrons. The second-order valence-corrected chi connectivity index (χ2v) is 9.08. The highest BCUT2D eigenvalue weighted by atomic mass is 32.1. The van der Waals surface area contributed by atoms with Crippen LogP contribution in [0.1, 0.15) is 82.6 Å². The van der Waals surface area contributed by atoms with E-state index in [1.54, 1.807) is 6.07 Å². The number of fused-ring (bicyclic) bond motifs is 1. The van der Waals surface area contributed by atoms with Crippen LogP contribution in [0.4, 0.5) is 5.00 Å². The van der Waals surface area contributed by atoms with Crippen LogP contribution in [-0.2, 0) is 11.2 Å². The van der Waals surface area contributed by atoms with E-state index in [0.717, 1.165) is 46.6 Å². The molecule has 8 heteroatoms. The number of aryl methyl sites for hydroxylation is 2. The molecule has 1 saturated carbocycles. The second kappa shape index (κ2) is 7.83. The van der Waals surface area contributed by atoms with Gasteiger partial charge in [-0.2, -0.15) is 5.10 Å². The molecule has 1 aliphatic rings. The van der Waals surface area contributed by atoms with E-state index in [1.165, 1.54) is 18.4 Å². The standard InChI is InChI=1S/C22H26N4O3S/c1-6-14-9-16(22(28)29-5)21(30-14)24-20(27)15-10-17(13-7-8-13)23-19-18(15)12(4)25-26(19)11(2)3/h9-11,13H,6-8H2,1-5H3,(H,24,27). The number of carbonyl (C=O) groups is 2. The molecule has 0 spiro atoms. The smallest absolute Gasteiger partial charge is 0.340 e. The number of methoxy groups -OCH3 is 1. The lowest BCUT2D eigenvalue weighted by Crippen LogP contribution is -2.15. The molecular formula is C22H26N4O3S. The first-order valence-electron chi connectivity index (χ1n) is 10.3. The number of thiophene rings is 1. The van der Waals surface area contributed by atoms with E-state index >= 15 is 0 Å². The van der Waals surface area contributed by atoms with Crippen LogP contribution in [-0.4, -0.2) is 33.8 Å². The van der Waals surface area contributed by atoms with Crippen LogP contribution in [0.3, 0.4) is 0 Å². The predicted octanol–water partition coefficient (Wildman–Crippen LogP) is 4.86. The van der Waals surface area contributed by atoms with E-state index in [4.69, 9.17) is 9.72 Å². The number of amides is 1. The van der Waals surface area contributed by atoms with Crippen LogP contribution in [0.25, 0.3) is 11.0 Å². The Hall–Kier alpha value is -2.74. The number of rotatable bonds is 6. The predicted molar refractivity (Wildman–Crippen MR) is 118 cm³/mol. The van der Waals surface area contributed by atoms with E-state index in [0.29, 0.717) is 22.0 Å². The first-order chi connectivity index (χ1) is 14.3. The summed E-state index contributed by atoms with van der Waals surface area (Å²) in [7, 11) is 1.34. The zero-order chi connectivity index (χ0) is 21.6. The molecule has 3 aromatic heterocycles. The zero-order valence-electron chi connectivity index (χ0n) is 17.9. The van der Waals surface area contributed by atoms with Crippen LogP contribution >= 0.6 is 11.3 Å². The Morgan fingerprint density at radius 1 is 1.30 bits per heavy atom. The molecule has 0 aromatic carbocycles. The monoisotopic (exact) mass is 426 g/mol. The molecule has 158 valence electrons. The summed E-state index contributed by atoms with van der Waals surface area (Å²) in [5, 5.41) is 8.87. The van der Waals surface area contributed by atoms with Gasteiger partial charge >= 0.3 is 5.97 Å². The molecule has 0 saturated heterocycles. The lowest BCUT2D eigenvalue weighted by atomic mass is 10.1. The number of esters is 1. The highest BCUT2D eigenvalue weighted by Crippen LogP contribution is 2.41. The molecule has 4 rings (SSSR count). The van der Waals surface area contributed by atoms with Crippen molar-refractivity contribution < 1.29 is 14.3 Å². The second-order valence-electron chi connectivity index (χ2n) is 7.95. The molecule has 3 aromatic rings. The van der Waals surface area contributed by atoms with E-state index in [1.807, 2.05) is 24.6 Å². The Balaban J connectivity index is 1.80. The summed E-state index contributed by atoms with van der Waals surface area (Å²) in [5.74, 6) is -0.315. The SMILES string of the molecule is CCc1cc(C(=O)OC)c(NC(=O)c2cc(C3CC3)nc3c2c(C)nn3C(C)C)s1. The molecule has 0 bridgehead atoms. The van der Waals surface area contributed by atoms with Gasteiger partial charge in [-0.05, 0) is 52.2 Å². The van der Waals surface area contributed by atoms with Crippen LogP contribution in [0.5, 0.6) is 0 Å². The molecule has 3 heterocycles. The fourth-order valence-electron chi connectivity index (χ4n) is 3.60. The molecule has 1 amide bonds. The van der Waals surface area contributed by atoms with E-state index < -0.39 is 5.97 Å². The summed E-state index contributed by atoms with van der Waals surface area (Å²) in [5.41, 5.74) is 3.38. The summed E-state index contributed by atoms with van der Waals surface area (Å²) in [6.45, 7) is 8.02. The number of pyridine rings is 1. The van der Waals surface area contributed by atoms with Gasteiger partial charge in [-0.3, -0.25) is 4.79 Å². The largest absolute Gasteiger partial charge is 0.465 e. The third kappa shape index (κ3) is 3.60. The van der Waals surface area contributed by atoms with E-state index in [-0.39, 0.29) is 11.9 Å². The summed E-state index contributed by atoms with van der Waals surface area (Å²) in [6, 6.07) is 3.81. The highest BCUT2D eigenvalue weighted by Gasteiger charge is 2.29. The molecule has 1 N–H and O–H groups in total. The Morgan fingerprint density at radius 2 is 2.03 bits per heavy atom. The minimum absolute atomic E-state index is 0.134. The van der Waals surface area contributed by atoms with Crippen molar-refractivity contribution >= 4 is 39.2 Å². The lowest BCUT2D eigenvalue weighted by molar-refractivity contribution is 0.0602. The van der Waals surface area contributed by atoms with Crippen LogP contribution in [0.15, 0.2) is 12.1 Å². The van der Waals surface area contributed by atoms with Crippen molar-refractivity contribution in [3.8, 4) is 0 Å². The van der Waals surface area contributed by atoms with Gasteiger partial charge in [-0.25, -0.2) is 14.5 Å². The maximum absolute atomic E-state index is 13.4. The minimum atomic E-state index is -0.455. The molecule has 0 unspecified atom stereocenters.